The Morgan fingerprint density at radius 3 is 2.44 bits per heavy atom. The molecule has 0 amide bonds. The molecule has 0 spiro atoms. The highest BCUT2D eigenvalue weighted by molar-refractivity contribution is 5.50. The third-order valence-corrected chi connectivity index (χ3v) is 3.30. The SMILES string of the molecule is COc1ccc(CC2(N)CC2)c(OC)c1C. The van der Waals surface area contributed by atoms with Crippen molar-refractivity contribution in [1.82, 2.24) is 0 Å². The number of benzene rings is 1. The molecule has 0 unspecified atom stereocenters. The number of methoxy groups -OCH3 is 2. The Hall–Kier alpha value is -1.22. The maximum absolute atomic E-state index is 6.14. The second-order valence-corrected chi connectivity index (χ2v) is 4.62. The van der Waals surface area contributed by atoms with Crippen LogP contribution in [0.15, 0.2) is 12.1 Å². The van der Waals surface area contributed by atoms with Gasteiger partial charge in [0.1, 0.15) is 11.5 Å². The van der Waals surface area contributed by atoms with Gasteiger partial charge in [0.25, 0.3) is 0 Å². The predicted octanol–water partition coefficient (Wildman–Crippen LogP) is 2.05. The highest BCUT2D eigenvalue weighted by Gasteiger charge is 2.38. The van der Waals surface area contributed by atoms with E-state index in [2.05, 4.69) is 6.07 Å². The van der Waals surface area contributed by atoms with E-state index in [1.54, 1.807) is 14.2 Å². The van der Waals surface area contributed by atoms with Gasteiger partial charge in [-0.3, -0.25) is 0 Å². The van der Waals surface area contributed by atoms with E-state index in [0.717, 1.165) is 36.3 Å². The van der Waals surface area contributed by atoms with Crippen LogP contribution in [0.3, 0.4) is 0 Å². The molecule has 1 aromatic carbocycles. The second kappa shape index (κ2) is 3.98. The van der Waals surface area contributed by atoms with E-state index in [0.29, 0.717) is 0 Å². The molecule has 88 valence electrons. The third-order valence-electron chi connectivity index (χ3n) is 3.30. The van der Waals surface area contributed by atoms with E-state index in [9.17, 15) is 0 Å². The van der Waals surface area contributed by atoms with Gasteiger partial charge in [-0.1, -0.05) is 6.07 Å². The Kier molecular flexibility index (Phi) is 2.80. The molecule has 0 heterocycles. The molecule has 1 aliphatic carbocycles. The molecule has 0 atom stereocenters. The van der Waals surface area contributed by atoms with Crippen molar-refractivity contribution in [2.75, 3.05) is 14.2 Å². The van der Waals surface area contributed by atoms with E-state index in [1.165, 1.54) is 5.56 Å². The molecule has 3 heteroatoms. The van der Waals surface area contributed by atoms with Gasteiger partial charge in [0.2, 0.25) is 0 Å². The zero-order valence-electron chi connectivity index (χ0n) is 10.2. The molecule has 0 bridgehead atoms. The van der Waals surface area contributed by atoms with Crippen molar-refractivity contribution in [3.63, 3.8) is 0 Å². The maximum atomic E-state index is 6.14. The molecule has 0 saturated heterocycles. The highest BCUT2D eigenvalue weighted by atomic mass is 16.5. The number of hydrogen-bond donors (Lipinski definition) is 1. The van der Waals surface area contributed by atoms with E-state index >= 15 is 0 Å². The summed E-state index contributed by atoms with van der Waals surface area (Å²) in [7, 11) is 3.37. The standard InChI is InChI=1S/C13H19NO2/c1-9-11(15-2)5-4-10(12(9)16-3)8-13(14)6-7-13/h4-5H,6-8,14H2,1-3H3. The first-order chi connectivity index (χ1) is 7.59. The van der Waals surface area contributed by atoms with Crippen molar-refractivity contribution in [2.24, 2.45) is 5.73 Å². The average Bonchev–Trinajstić information content (AvgIpc) is 2.97. The van der Waals surface area contributed by atoms with Gasteiger partial charge in [-0.25, -0.2) is 0 Å². The summed E-state index contributed by atoms with van der Waals surface area (Å²) in [6.07, 6.45) is 3.11. The van der Waals surface area contributed by atoms with Gasteiger partial charge in [-0.2, -0.15) is 0 Å². The largest absolute Gasteiger partial charge is 0.496 e. The summed E-state index contributed by atoms with van der Waals surface area (Å²) in [5, 5.41) is 0. The highest BCUT2D eigenvalue weighted by Crippen LogP contribution is 2.40. The van der Waals surface area contributed by atoms with Gasteiger partial charge in [0.15, 0.2) is 0 Å². The zero-order chi connectivity index (χ0) is 11.8. The minimum absolute atomic E-state index is 0.00824. The van der Waals surface area contributed by atoms with Crippen LogP contribution < -0.4 is 15.2 Å². The van der Waals surface area contributed by atoms with Crippen LogP contribution in [0.2, 0.25) is 0 Å². The first-order valence-corrected chi connectivity index (χ1v) is 5.59. The molecule has 0 radical (unpaired) electrons. The molecule has 16 heavy (non-hydrogen) atoms. The van der Waals surface area contributed by atoms with E-state index in [1.807, 2.05) is 13.0 Å². The quantitative estimate of drug-likeness (QED) is 0.846. The molecule has 1 aliphatic rings. The van der Waals surface area contributed by atoms with Gasteiger partial charge in [-0.15, -0.1) is 0 Å². The molecular weight excluding hydrogens is 202 g/mol. The summed E-state index contributed by atoms with van der Waals surface area (Å²) in [5.74, 6) is 1.78. The van der Waals surface area contributed by atoms with Gasteiger partial charge < -0.3 is 15.2 Å². The molecule has 1 fully saturated rings. The summed E-state index contributed by atoms with van der Waals surface area (Å²) in [4.78, 5) is 0. The lowest BCUT2D eigenvalue weighted by Gasteiger charge is -2.16. The molecule has 0 aromatic heterocycles. The molecule has 0 aliphatic heterocycles. The Balaban J connectivity index is 2.33. The van der Waals surface area contributed by atoms with E-state index in [4.69, 9.17) is 15.2 Å². The predicted molar refractivity (Wildman–Crippen MR) is 64.1 cm³/mol. The van der Waals surface area contributed by atoms with Crippen LogP contribution in [0.5, 0.6) is 11.5 Å². The molecule has 2 rings (SSSR count). The fraction of sp³-hybridized carbons (Fsp3) is 0.538. The fourth-order valence-electron chi connectivity index (χ4n) is 2.09. The number of hydrogen-bond acceptors (Lipinski definition) is 3. The first-order valence-electron chi connectivity index (χ1n) is 5.59. The first kappa shape index (κ1) is 11.3. The Morgan fingerprint density at radius 1 is 1.25 bits per heavy atom. The van der Waals surface area contributed by atoms with Crippen LogP contribution in [-0.2, 0) is 6.42 Å². The van der Waals surface area contributed by atoms with Crippen molar-refractivity contribution in [3.8, 4) is 11.5 Å². The van der Waals surface area contributed by atoms with Crippen molar-refractivity contribution < 1.29 is 9.47 Å². The van der Waals surface area contributed by atoms with Crippen LogP contribution in [0.1, 0.15) is 24.0 Å². The summed E-state index contributed by atoms with van der Waals surface area (Å²) in [6.45, 7) is 2.01. The lowest BCUT2D eigenvalue weighted by molar-refractivity contribution is 0.384. The van der Waals surface area contributed by atoms with Gasteiger partial charge >= 0.3 is 0 Å². The normalized spacial score (nSPS) is 17.0. The number of rotatable bonds is 4. The molecule has 1 saturated carbocycles. The second-order valence-electron chi connectivity index (χ2n) is 4.62. The molecule has 3 nitrogen and oxygen atoms in total. The van der Waals surface area contributed by atoms with Crippen LogP contribution in [0, 0.1) is 6.92 Å². The fourth-order valence-corrected chi connectivity index (χ4v) is 2.09. The van der Waals surface area contributed by atoms with E-state index in [-0.39, 0.29) is 5.54 Å². The summed E-state index contributed by atoms with van der Waals surface area (Å²) < 4.78 is 10.7. The van der Waals surface area contributed by atoms with Gasteiger partial charge in [0.05, 0.1) is 14.2 Å². The minimum atomic E-state index is 0.00824. The summed E-state index contributed by atoms with van der Waals surface area (Å²) in [5.41, 5.74) is 8.37. The topological polar surface area (TPSA) is 44.5 Å². The average molecular weight is 221 g/mol. The smallest absolute Gasteiger partial charge is 0.128 e. The molecular formula is C13H19NO2. The Bertz CT molecular complexity index is 397. The van der Waals surface area contributed by atoms with Crippen LogP contribution >= 0.6 is 0 Å². The summed E-state index contributed by atoms with van der Waals surface area (Å²) >= 11 is 0. The van der Waals surface area contributed by atoms with E-state index < -0.39 is 0 Å². The maximum Gasteiger partial charge on any atom is 0.128 e. The van der Waals surface area contributed by atoms with Gasteiger partial charge in [-0.05, 0) is 37.8 Å². The lowest BCUT2D eigenvalue weighted by Crippen LogP contribution is -2.24. The Labute approximate surface area is 96.5 Å². The number of nitrogens with two attached hydrogens (primary N) is 1. The van der Waals surface area contributed by atoms with Crippen molar-refractivity contribution in [1.29, 1.82) is 0 Å². The monoisotopic (exact) mass is 221 g/mol. The van der Waals surface area contributed by atoms with Crippen LogP contribution in [0.25, 0.3) is 0 Å². The molecule has 2 N–H and O–H groups in total. The Morgan fingerprint density at radius 2 is 1.94 bits per heavy atom. The van der Waals surface area contributed by atoms with Crippen molar-refractivity contribution in [2.45, 2.75) is 31.7 Å². The summed E-state index contributed by atoms with van der Waals surface area (Å²) in [6, 6.07) is 4.04. The van der Waals surface area contributed by atoms with Crippen LogP contribution in [-0.4, -0.2) is 19.8 Å². The molecule has 1 aromatic rings. The third kappa shape index (κ3) is 2.00. The number of ether oxygens (including phenoxy) is 2. The van der Waals surface area contributed by atoms with Crippen LogP contribution in [0.4, 0.5) is 0 Å². The van der Waals surface area contributed by atoms with Crippen molar-refractivity contribution in [3.05, 3.63) is 23.3 Å². The zero-order valence-corrected chi connectivity index (χ0v) is 10.2. The van der Waals surface area contributed by atoms with Gasteiger partial charge in [0, 0.05) is 11.1 Å². The minimum Gasteiger partial charge on any atom is -0.496 e. The van der Waals surface area contributed by atoms with Crippen molar-refractivity contribution >= 4 is 0 Å². The lowest BCUT2D eigenvalue weighted by atomic mass is 10.0.